The Morgan fingerprint density at radius 3 is 2.74 bits per heavy atom. The Kier molecular flexibility index (Phi) is 8.56. The summed E-state index contributed by atoms with van der Waals surface area (Å²) >= 11 is 1.66. The zero-order valence-electron chi connectivity index (χ0n) is 19.6. The Labute approximate surface area is 210 Å². The van der Waals surface area contributed by atoms with Crippen molar-refractivity contribution in [2.24, 2.45) is 0 Å². The molecule has 186 valence electrons. The topological polar surface area (TPSA) is 82.1 Å². The molecule has 1 fully saturated rings. The lowest BCUT2D eigenvalue weighted by Gasteiger charge is -2.26. The Balaban J connectivity index is 1.56. The fourth-order valence-electron chi connectivity index (χ4n) is 4.03. The Hall–Kier alpha value is -2.72. The minimum absolute atomic E-state index is 0.0119. The molecule has 1 atom stereocenters. The van der Waals surface area contributed by atoms with E-state index in [1.807, 2.05) is 29.6 Å². The van der Waals surface area contributed by atoms with E-state index >= 15 is 0 Å². The number of nitrogens with zero attached hydrogens (tertiary/aromatic N) is 1. The number of hydrogen-bond acceptors (Lipinski definition) is 7. The summed E-state index contributed by atoms with van der Waals surface area (Å²) in [4.78, 5) is 12.2. The second-order valence-electron chi connectivity index (χ2n) is 8.30. The van der Waals surface area contributed by atoms with Gasteiger partial charge in [-0.3, -0.25) is 0 Å². The van der Waals surface area contributed by atoms with E-state index < -0.39 is 16.0 Å². The summed E-state index contributed by atoms with van der Waals surface area (Å²) in [6.45, 7) is 1.47. The number of sulfonamides is 1. The van der Waals surface area contributed by atoms with Gasteiger partial charge in [0.15, 0.2) is 0 Å². The van der Waals surface area contributed by atoms with Crippen molar-refractivity contribution in [1.82, 2.24) is 4.31 Å². The summed E-state index contributed by atoms with van der Waals surface area (Å²) in [6.07, 6.45) is 2.29. The van der Waals surface area contributed by atoms with Crippen LogP contribution in [0.4, 0.5) is 0 Å². The highest BCUT2D eigenvalue weighted by atomic mass is 32.2. The van der Waals surface area contributed by atoms with Crippen molar-refractivity contribution < 1.29 is 27.4 Å². The Bertz CT molecular complexity index is 1220. The average molecular weight is 516 g/mol. The van der Waals surface area contributed by atoms with Gasteiger partial charge in [-0.15, -0.1) is 0 Å². The summed E-state index contributed by atoms with van der Waals surface area (Å²) in [7, 11) is -2.78. The fourth-order valence-corrected chi connectivity index (χ4v) is 6.37. The highest BCUT2D eigenvalue weighted by molar-refractivity contribution is 7.89. The molecule has 0 unspecified atom stereocenters. The standard InChI is InChI=1S/C26H29NO6S2/c1-31-26(28)24-9-2-3-10-25(24)35(29,30)27(18-23-8-5-13-32-23)17-21-6-4-7-22(16-21)33-14-11-20-12-15-34-19-20/h2-4,6-7,9-10,12,15-16,19,23H,5,8,11,13-14,17-18H2,1H3/t23-/m0/s1. The average Bonchev–Trinajstić information content (AvgIpc) is 3.58. The summed E-state index contributed by atoms with van der Waals surface area (Å²) in [5.74, 6) is -0.00980. The third-order valence-corrected chi connectivity index (χ3v) is 8.44. The van der Waals surface area contributed by atoms with Gasteiger partial charge in [0.05, 0.1) is 30.3 Å². The molecule has 0 bridgehead atoms. The van der Waals surface area contributed by atoms with Crippen LogP contribution in [0.3, 0.4) is 0 Å². The monoisotopic (exact) mass is 515 g/mol. The van der Waals surface area contributed by atoms with E-state index in [0.717, 1.165) is 24.8 Å². The van der Waals surface area contributed by atoms with Crippen LogP contribution in [0.15, 0.2) is 70.3 Å². The molecular formula is C26H29NO6S2. The number of carbonyl (C=O) groups excluding carboxylic acids is 1. The van der Waals surface area contributed by atoms with Crippen LogP contribution in [0.25, 0.3) is 0 Å². The third kappa shape index (κ3) is 6.49. The van der Waals surface area contributed by atoms with Gasteiger partial charge in [-0.25, -0.2) is 13.2 Å². The van der Waals surface area contributed by atoms with Crippen LogP contribution >= 0.6 is 11.3 Å². The maximum Gasteiger partial charge on any atom is 0.339 e. The van der Waals surface area contributed by atoms with Crippen LogP contribution in [0.2, 0.25) is 0 Å². The lowest BCUT2D eigenvalue weighted by molar-refractivity contribution is 0.0596. The maximum atomic E-state index is 13.8. The van der Waals surface area contributed by atoms with Gasteiger partial charge in [0.25, 0.3) is 0 Å². The number of thiophene rings is 1. The van der Waals surface area contributed by atoms with Crippen LogP contribution in [0.1, 0.15) is 34.3 Å². The molecular weight excluding hydrogens is 486 g/mol. The first kappa shape index (κ1) is 25.4. The van der Waals surface area contributed by atoms with Crippen molar-refractivity contribution in [3.8, 4) is 5.75 Å². The highest BCUT2D eigenvalue weighted by Crippen LogP contribution is 2.26. The van der Waals surface area contributed by atoms with Gasteiger partial charge in [0.1, 0.15) is 5.75 Å². The first-order chi connectivity index (χ1) is 17.0. The van der Waals surface area contributed by atoms with Crippen molar-refractivity contribution in [3.63, 3.8) is 0 Å². The summed E-state index contributed by atoms with van der Waals surface area (Å²) in [5.41, 5.74) is 2.03. The predicted molar refractivity (Wildman–Crippen MR) is 134 cm³/mol. The highest BCUT2D eigenvalue weighted by Gasteiger charge is 2.32. The van der Waals surface area contributed by atoms with Gasteiger partial charge in [-0.2, -0.15) is 15.6 Å². The predicted octanol–water partition coefficient (Wildman–Crippen LogP) is 4.53. The number of methoxy groups -OCH3 is 1. The SMILES string of the molecule is COC(=O)c1ccccc1S(=O)(=O)N(Cc1cccc(OCCc2ccsc2)c1)C[C@@H]1CCCO1. The van der Waals surface area contributed by atoms with Crippen LogP contribution in [0, 0.1) is 0 Å². The molecule has 0 saturated carbocycles. The van der Waals surface area contributed by atoms with E-state index in [2.05, 4.69) is 11.4 Å². The van der Waals surface area contributed by atoms with Crippen molar-refractivity contribution >= 4 is 27.3 Å². The van der Waals surface area contributed by atoms with Gasteiger partial charge >= 0.3 is 5.97 Å². The van der Waals surface area contributed by atoms with Gasteiger partial charge < -0.3 is 14.2 Å². The van der Waals surface area contributed by atoms with Crippen LogP contribution in [-0.2, 0) is 32.5 Å². The fraction of sp³-hybridized carbons (Fsp3) is 0.346. The molecule has 1 aliphatic rings. The summed E-state index contributed by atoms with van der Waals surface area (Å²) < 4.78 is 45.4. The molecule has 0 radical (unpaired) electrons. The van der Waals surface area contributed by atoms with Crippen molar-refractivity contribution in [2.45, 2.75) is 36.8 Å². The first-order valence-corrected chi connectivity index (χ1v) is 13.9. The van der Waals surface area contributed by atoms with Crippen molar-refractivity contribution in [2.75, 3.05) is 26.9 Å². The number of rotatable bonds is 11. The van der Waals surface area contributed by atoms with Gasteiger partial charge in [0.2, 0.25) is 10.0 Å². The molecule has 2 aromatic carbocycles. The second-order valence-corrected chi connectivity index (χ2v) is 11.0. The zero-order valence-corrected chi connectivity index (χ0v) is 21.2. The van der Waals surface area contributed by atoms with Gasteiger partial charge in [-0.1, -0.05) is 24.3 Å². The molecule has 9 heteroatoms. The van der Waals surface area contributed by atoms with Crippen molar-refractivity contribution in [3.05, 3.63) is 82.0 Å². The molecule has 2 heterocycles. The van der Waals surface area contributed by atoms with E-state index in [1.54, 1.807) is 23.5 Å². The molecule has 35 heavy (non-hydrogen) atoms. The van der Waals surface area contributed by atoms with Crippen LogP contribution in [-0.4, -0.2) is 51.7 Å². The molecule has 4 rings (SSSR count). The van der Waals surface area contributed by atoms with Crippen LogP contribution in [0.5, 0.6) is 5.75 Å². The first-order valence-electron chi connectivity index (χ1n) is 11.5. The third-order valence-electron chi connectivity index (χ3n) is 5.84. The zero-order chi connectivity index (χ0) is 24.7. The second kappa shape index (κ2) is 11.8. The lowest BCUT2D eigenvalue weighted by Crippen LogP contribution is -2.37. The number of hydrogen-bond donors (Lipinski definition) is 0. The minimum atomic E-state index is -4.02. The van der Waals surface area contributed by atoms with E-state index in [9.17, 15) is 13.2 Å². The number of carbonyl (C=O) groups is 1. The van der Waals surface area contributed by atoms with Gasteiger partial charge in [0, 0.05) is 26.1 Å². The van der Waals surface area contributed by atoms with E-state index in [4.69, 9.17) is 14.2 Å². The molecule has 1 aliphatic heterocycles. The molecule has 7 nitrogen and oxygen atoms in total. The molecule has 0 spiro atoms. The molecule has 1 aromatic heterocycles. The van der Waals surface area contributed by atoms with E-state index in [1.165, 1.54) is 29.1 Å². The van der Waals surface area contributed by atoms with E-state index in [0.29, 0.717) is 19.0 Å². The number of esters is 1. The number of ether oxygens (including phenoxy) is 3. The van der Waals surface area contributed by atoms with Gasteiger partial charge in [-0.05, 0) is 65.1 Å². The number of benzene rings is 2. The molecule has 1 saturated heterocycles. The maximum absolute atomic E-state index is 13.8. The summed E-state index contributed by atoms with van der Waals surface area (Å²) in [6, 6.07) is 15.6. The molecule has 0 aliphatic carbocycles. The quantitative estimate of drug-likeness (QED) is 0.349. The van der Waals surface area contributed by atoms with Crippen LogP contribution < -0.4 is 4.74 Å². The molecule has 3 aromatic rings. The lowest BCUT2D eigenvalue weighted by atomic mass is 10.2. The summed E-state index contributed by atoms with van der Waals surface area (Å²) in [5, 5.41) is 4.14. The molecule has 0 amide bonds. The Morgan fingerprint density at radius 2 is 2.00 bits per heavy atom. The largest absolute Gasteiger partial charge is 0.493 e. The minimum Gasteiger partial charge on any atom is -0.493 e. The normalized spacial score (nSPS) is 15.9. The van der Waals surface area contributed by atoms with E-state index in [-0.39, 0.29) is 29.7 Å². The smallest absolute Gasteiger partial charge is 0.339 e. The molecule has 0 N–H and O–H groups in total. The van der Waals surface area contributed by atoms with Crippen molar-refractivity contribution in [1.29, 1.82) is 0 Å². The Morgan fingerprint density at radius 1 is 1.14 bits per heavy atom.